The van der Waals surface area contributed by atoms with Gasteiger partial charge < -0.3 is 10.6 Å². The van der Waals surface area contributed by atoms with Crippen molar-refractivity contribution in [1.29, 1.82) is 0 Å². The van der Waals surface area contributed by atoms with E-state index in [0.717, 1.165) is 15.9 Å². The van der Waals surface area contributed by atoms with Crippen LogP contribution in [0.3, 0.4) is 0 Å². The van der Waals surface area contributed by atoms with E-state index in [2.05, 4.69) is 20.9 Å². The highest BCUT2D eigenvalue weighted by Gasteiger charge is 2.14. The standard InChI is InChI=1S/C15H16BrN3O/c1-19(14-4-2-12(16)3-5-14)15(20)11-7-9-18-13(10-11)6-8-17/h2-5,7,9-10H,6,8,17H2,1H3. The molecule has 0 saturated carbocycles. The van der Waals surface area contributed by atoms with Gasteiger partial charge in [0.15, 0.2) is 0 Å². The van der Waals surface area contributed by atoms with E-state index in [9.17, 15) is 4.79 Å². The zero-order valence-corrected chi connectivity index (χ0v) is 12.8. The molecule has 1 aromatic carbocycles. The van der Waals surface area contributed by atoms with E-state index in [-0.39, 0.29) is 5.91 Å². The molecule has 1 heterocycles. The fourth-order valence-corrected chi connectivity index (χ4v) is 2.14. The number of pyridine rings is 1. The third-order valence-electron chi connectivity index (χ3n) is 2.98. The van der Waals surface area contributed by atoms with Gasteiger partial charge in [-0.2, -0.15) is 0 Å². The predicted octanol–water partition coefficient (Wildman–Crippen LogP) is 2.62. The quantitative estimate of drug-likeness (QED) is 0.935. The highest BCUT2D eigenvalue weighted by molar-refractivity contribution is 9.10. The molecular weight excluding hydrogens is 318 g/mol. The lowest BCUT2D eigenvalue weighted by atomic mass is 10.1. The van der Waals surface area contributed by atoms with Gasteiger partial charge in [-0.15, -0.1) is 0 Å². The van der Waals surface area contributed by atoms with Crippen LogP contribution in [-0.2, 0) is 6.42 Å². The van der Waals surface area contributed by atoms with E-state index in [4.69, 9.17) is 5.73 Å². The lowest BCUT2D eigenvalue weighted by Gasteiger charge is -2.17. The molecule has 4 nitrogen and oxygen atoms in total. The van der Waals surface area contributed by atoms with Crippen LogP contribution in [0.2, 0.25) is 0 Å². The van der Waals surface area contributed by atoms with Gasteiger partial charge in [0.25, 0.3) is 5.91 Å². The van der Waals surface area contributed by atoms with Crippen molar-refractivity contribution in [1.82, 2.24) is 4.98 Å². The molecule has 1 aromatic heterocycles. The molecule has 0 aliphatic rings. The zero-order valence-electron chi connectivity index (χ0n) is 11.2. The summed E-state index contributed by atoms with van der Waals surface area (Å²) in [6.07, 6.45) is 2.32. The Labute approximate surface area is 126 Å². The Bertz CT molecular complexity index is 598. The topological polar surface area (TPSA) is 59.2 Å². The number of nitrogens with zero attached hydrogens (tertiary/aromatic N) is 2. The Hall–Kier alpha value is -1.72. The molecule has 0 saturated heterocycles. The first kappa shape index (κ1) is 14.7. The molecule has 0 bridgehead atoms. The van der Waals surface area contributed by atoms with Crippen molar-refractivity contribution in [2.45, 2.75) is 6.42 Å². The van der Waals surface area contributed by atoms with Crippen LogP contribution in [0.25, 0.3) is 0 Å². The summed E-state index contributed by atoms with van der Waals surface area (Å²) in [5, 5.41) is 0. The molecule has 0 spiro atoms. The molecule has 20 heavy (non-hydrogen) atoms. The third kappa shape index (κ3) is 3.43. The number of carbonyl (C=O) groups excluding carboxylic acids is 1. The number of rotatable bonds is 4. The first-order valence-electron chi connectivity index (χ1n) is 6.30. The summed E-state index contributed by atoms with van der Waals surface area (Å²) in [4.78, 5) is 18.3. The lowest BCUT2D eigenvalue weighted by Crippen LogP contribution is -2.26. The summed E-state index contributed by atoms with van der Waals surface area (Å²) < 4.78 is 0.983. The maximum Gasteiger partial charge on any atom is 0.258 e. The molecule has 0 radical (unpaired) electrons. The van der Waals surface area contributed by atoms with Crippen LogP contribution in [0.15, 0.2) is 47.1 Å². The van der Waals surface area contributed by atoms with Gasteiger partial charge in [-0.3, -0.25) is 9.78 Å². The number of aromatic nitrogens is 1. The summed E-state index contributed by atoms with van der Waals surface area (Å²) in [5.74, 6) is -0.0620. The Morgan fingerprint density at radius 3 is 2.65 bits per heavy atom. The van der Waals surface area contributed by atoms with Crippen molar-refractivity contribution in [2.24, 2.45) is 5.73 Å². The van der Waals surface area contributed by atoms with Crippen LogP contribution in [0.1, 0.15) is 16.1 Å². The first-order chi connectivity index (χ1) is 9.61. The molecule has 2 rings (SSSR count). The normalized spacial score (nSPS) is 10.3. The number of hydrogen-bond donors (Lipinski definition) is 1. The summed E-state index contributed by atoms with van der Waals surface area (Å²) in [6, 6.07) is 11.1. The molecule has 0 aliphatic heterocycles. The molecule has 1 amide bonds. The third-order valence-corrected chi connectivity index (χ3v) is 3.51. The van der Waals surface area contributed by atoms with E-state index < -0.39 is 0 Å². The van der Waals surface area contributed by atoms with E-state index >= 15 is 0 Å². The summed E-state index contributed by atoms with van der Waals surface area (Å²) >= 11 is 3.38. The van der Waals surface area contributed by atoms with Gasteiger partial charge in [0.1, 0.15) is 0 Å². The minimum atomic E-state index is -0.0620. The Morgan fingerprint density at radius 2 is 2.00 bits per heavy atom. The van der Waals surface area contributed by atoms with Crippen LogP contribution < -0.4 is 10.6 Å². The number of halogens is 1. The van der Waals surface area contributed by atoms with Crippen molar-refractivity contribution in [3.63, 3.8) is 0 Å². The second kappa shape index (κ2) is 6.63. The Balaban J connectivity index is 2.21. The van der Waals surface area contributed by atoms with Gasteiger partial charge in [-0.1, -0.05) is 15.9 Å². The summed E-state index contributed by atoms with van der Waals surface area (Å²) in [5.41, 5.74) is 7.81. The summed E-state index contributed by atoms with van der Waals surface area (Å²) in [7, 11) is 1.76. The van der Waals surface area contributed by atoms with Gasteiger partial charge in [0, 0.05) is 41.1 Å². The Kier molecular flexibility index (Phi) is 4.87. The largest absolute Gasteiger partial charge is 0.330 e. The van der Waals surface area contributed by atoms with E-state index in [1.165, 1.54) is 0 Å². The lowest BCUT2D eigenvalue weighted by molar-refractivity contribution is 0.0993. The SMILES string of the molecule is CN(C(=O)c1ccnc(CCN)c1)c1ccc(Br)cc1. The van der Waals surface area contributed by atoms with E-state index in [1.807, 2.05) is 24.3 Å². The number of amides is 1. The second-order valence-electron chi connectivity index (χ2n) is 4.42. The average Bonchev–Trinajstić information content (AvgIpc) is 2.47. The molecule has 5 heteroatoms. The number of anilines is 1. The number of benzene rings is 1. The molecule has 2 aromatic rings. The molecular formula is C15H16BrN3O. The second-order valence-corrected chi connectivity index (χ2v) is 5.33. The minimum Gasteiger partial charge on any atom is -0.330 e. The summed E-state index contributed by atoms with van der Waals surface area (Å²) in [6.45, 7) is 0.521. The maximum atomic E-state index is 12.4. The number of hydrogen-bond acceptors (Lipinski definition) is 3. The van der Waals surface area contributed by atoms with Gasteiger partial charge in [0.2, 0.25) is 0 Å². The first-order valence-corrected chi connectivity index (χ1v) is 7.09. The van der Waals surface area contributed by atoms with Crippen molar-refractivity contribution >= 4 is 27.5 Å². The zero-order chi connectivity index (χ0) is 14.5. The van der Waals surface area contributed by atoms with Crippen molar-refractivity contribution < 1.29 is 4.79 Å². The van der Waals surface area contributed by atoms with Crippen LogP contribution in [0, 0.1) is 0 Å². The van der Waals surface area contributed by atoms with Gasteiger partial charge in [0.05, 0.1) is 0 Å². The molecule has 2 N–H and O–H groups in total. The highest BCUT2D eigenvalue weighted by Crippen LogP contribution is 2.19. The van der Waals surface area contributed by atoms with Crippen molar-refractivity contribution in [2.75, 3.05) is 18.5 Å². The minimum absolute atomic E-state index is 0.0620. The number of nitrogens with two attached hydrogens (primary N) is 1. The molecule has 0 aliphatic carbocycles. The molecule has 0 unspecified atom stereocenters. The van der Waals surface area contributed by atoms with Crippen molar-refractivity contribution in [3.05, 3.63) is 58.3 Å². The van der Waals surface area contributed by atoms with Crippen LogP contribution in [0.5, 0.6) is 0 Å². The molecule has 0 atom stereocenters. The fraction of sp³-hybridized carbons (Fsp3) is 0.200. The van der Waals surface area contributed by atoms with Crippen LogP contribution in [-0.4, -0.2) is 24.5 Å². The highest BCUT2D eigenvalue weighted by atomic mass is 79.9. The molecule has 104 valence electrons. The van der Waals surface area contributed by atoms with E-state index in [0.29, 0.717) is 18.5 Å². The van der Waals surface area contributed by atoms with Gasteiger partial charge in [-0.25, -0.2) is 0 Å². The van der Waals surface area contributed by atoms with E-state index in [1.54, 1.807) is 30.3 Å². The van der Waals surface area contributed by atoms with Crippen LogP contribution in [0.4, 0.5) is 5.69 Å². The van der Waals surface area contributed by atoms with Crippen LogP contribution >= 0.6 is 15.9 Å². The predicted molar refractivity (Wildman–Crippen MR) is 83.9 cm³/mol. The number of carbonyl (C=O) groups is 1. The fourth-order valence-electron chi connectivity index (χ4n) is 1.87. The van der Waals surface area contributed by atoms with Gasteiger partial charge in [-0.05, 0) is 42.9 Å². The smallest absolute Gasteiger partial charge is 0.258 e. The average molecular weight is 334 g/mol. The molecule has 0 fully saturated rings. The monoisotopic (exact) mass is 333 g/mol. The van der Waals surface area contributed by atoms with Gasteiger partial charge >= 0.3 is 0 Å². The Morgan fingerprint density at radius 1 is 1.30 bits per heavy atom. The van der Waals surface area contributed by atoms with Crippen molar-refractivity contribution in [3.8, 4) is 0 Å². The maximum absolute atomic E-state index is 12.4.